The Kier molecular flexibility index (Phi) is 5.69. The highest BCUT2D eigenvalue weighted by atomic mass is 19.1. The number of carbonyl (C=O) groups excluding carboxylic acids is 2. The number of piperazine rings is 1. The van der Waals surface area contributed by atoms with Crippen LogP contribution in [0.1, 0.15) is 22.3 Å². The van der Waals surface area contributed by atoms with Crippen LogP contribution < -0.4 is 0 Å². The molecule has 0 spiro atoms. The highest BCUT2D eigenvalue weighted by Gasteiger charge is 2.26. The first-order valence-corrected chi connectivity index (χ1v) is 8.75. The van der Waals surface area contributed by atoms with Gasteiger partial charge in [-0.2, -0.15) is 0 Å². The van der Waals surface area contributed by atoms with Crippen molar-refractivity contribution in [2.45, 2.75) is 12.8 Å². The van der Waals surface area contributed by atoms with Gasteiger partial charge in [0.1, 0.15) is 17.4 Å². The van der Waals surface area contributed by atoms with Crippen LogP contribution in [0.5, 0.6) is 5.75 Å². The van der Waals surface area contributed by atoms with E-state index in [0.717, 1.165) is 0 Å². The molecule has 27 heavy (non-hydrogen) atoms. The molecule has 1 aliphatic rings. The number of aromatic hydroxyl groups is 1. The lowest BCUT2D eigenvalue weighted by atomic mass is 10.1. The number of amides is 2. The smallest absolute Gasteiger partial charge is 0.257 e. The monoisotopic (exact) mass is 374 g/mol. The molecule has 0 aliphatic carbocycles. The molecule has 7 heteroatoms. The van der Waals surface area contributed by atoms with Crippen molar-refractivity contribution in [3.8, 4) is 5.75 Å². The molecule has 2 aromatic carbocycles. The molecule has 5 nitrogen and oxygen atoms in total. The lowest BCUT2D eigenvalue weighted by Gasteiger charge is -2.35. The van der Waals surface area contributed by atoms with Crippen LogP contribution in [0.15, 0.2) is 42.5 Å². The van der Waals surface area contributed by atoms with Gasteiger partial charge in [-0.1, -0.05) is 18.2 Å². The maximum atomic E-state index is 13.6. The molecule has 3 rings (SSSR count). The lowest BCUT2D eigenvalue weighted by molar-refractivity contribution is -0.132. The van der Waals surface area contributed by atoms with Gasteiger partial charge in [-0.3, -0.25) is 9.59 Å². The van der Waals surface area contributed by atoms with Crippen molar-refractivity contribution in [1.29, 1.82) is 0 Å². The summed E-state index contributed by atoms with van der Waals surface area (Å²) in [6.07, 6.45) is -0.000351. The zero-order valence-electron chi connectivity index (χ0n) is 14.7. The van der Waals surface area contributed by atoms with E-state index in [1.807, 2.05) is 0 Å². The number of carbonyl (C=O) groups is 2. The summed E-state index contributed by atoms with van der Waals surface area (Å²) in [6, 6.07) is 9.96. The molecule has 1 aliphatic heterocycles. The third-order valence-electron chi connectivity index (χ3n) is 4.70. The average molecular weight is 374 g/mol. The summed E-state index contributed by atoms with van der Waals surface area (Å²) in [5, 5.41) is 9.80. The molecule has 0 atom stereocenters. The number of hydrogen-bond donors (Lipinski definition) is 1. The topological polar surface area (TPSA) is 60.9 Å². The fourth-order valence-corrected chi connectivity index (χ4v) is 3.14. The van der Waals surface area contributed by atoms with Gasteiger partial charge < -0.3 is 14.9 Å². The van der Waals surface area contributed by atoms with Crippen molar-refractivity contribution in [1.82, 2.24) is 9.80 Å². The minimum atomic E-state index is -0.652. The Hall–Kier alpha value is -2.96. The molecule has 2 aromatic rings. The zero-order valence-corrected chi connectivity index (χ0v) is 14.7. The molecule has 0 bridgehead atoms. The van der Waals surface area contributed by atoms with E-state index in [1.54, 1.807) is 28.0 Å². The van der Waals surface area contributed by atoms with Gasteiger partial charge in [-0.15, -0.1) is 0 Å². The van der Waals surface area contributed by atoms with E-state index in [1.165, 1.54) is 24.3 Å². The molecular formula is C20H20F2N2O3. The van der Waals surface area contributed by atoms with Gasteiger partial charge in [-0.05, 0) is 30.7 Å². The van der Waals surface area contributed by atoms with E-state index in [4.69, 9.17) is 0 Å². The van der Waals surface area contributed by atoms with Crippen molar-refractivity contribution in [3.63, 3.8) is 0 Å². The van der Waals surface area contributed by atoms with Gasteiger partial charge in [0.05, 0.1) is 5.56 Å². The Balaban J connectivity index is 1.54. The first-order chi connectivity index (χ1) is 13.0. The number of para-hydroxylation sites is 1. The van der Waals surface area contributed by atoms with Gasteiger partial charge in [0, 0.05) is 38.2 Å². The predicted octanol–water partition coefficient (Wildman–Crippen LogP) is 2.59. The SMILES string of the molecule is O=C(CCc1c(F)cccc1F)N1CCN(C(=O)c2ccccc2O)CC1. The maximum absolute atomic E-state index is 13.6. The molecule has 1 heterocycles. The van der Waals surface area contributed by atoms with Crippen LogP contribution in [-0.2, 0) is 11.2 Å². The van der Waals surface area contributed by atoms with Crippen molar-refractivity contribution in [2.24, 2.45) is 0 Å². The van der Waals surface area contributed by atoms with Crippen LogP contribution in [0.4, 0.5) is 8.78 Å². The molecule has 0 aromatic heterocycles. The summed E-state index contributed by atoms with van der Waals surface area (Å²) in [6.45, 7) is 1.37. The Morgan fingerprint density at radius 2 is 1.48 bits per heavy atom. The second-order valence-corrected chi connectivity index (χ2v) is 6.39. The maximum Gasteiger partial charge on any atom is 0.257 e. The fraction of sp³-hybridized carbons (Fsp3) is 0.300. The Bertz CT molecular complexity index is 829. The number of halogens is 2. The molecule has 2 amide bonds. The number of benzene rings is 2. The quantitative estimate of drug-likeness (QED) is 0.895. The van der Waals surface area contributed by atoms with Crippen molar-refractivity contribution < 1.29 is 23.5 Å². The van der Waals surface area contributed by atoms with Crippen molar-refractivity contribution in [2.75, 3.05) is 26.2 Å². The molecule has 1 fully saturated rings. The highest BCUT2D eigenvalue weighted by molar-refractivity contribution is 5.97. The second kappa shape index (κ2) is 8.16. The van der Waals surface area contributed by atoms with Gasteiger partial charge in [0.2, 0.25) is 5.91 Å². The van der Waals surface area contributed by atoms with Crippen molar-refractivity contribution in [3.05, 3.63) is 65.2 Å². The second-order valence-electron chi connectivity index (χ2n) is 6.39. The minimum Gasteiger partial charge on any atom is -0.507 e. The van der Waals surface area contributed by atoms with Gasteiger partial charge in [0.15, 0.2) is 0 Å². The molecule has 142 valence electrons. The van der Waals surface area contributed by atoms with Gasteiger partial charge in [0.25, 0.3) is 5.91 Å². The van der Waals surface area contributed by atoms with Crippen LogP contribution in [0.3, 0.4) is 0 Å². The number of nitrogens with zero attached hydrogens (tertiary/aromatic N) is 2. The van der Waals surface area contributed by atoms with Crippen LogP contribution in [-0.4, -0.2) is 52.9 Å². The standard InChI is InChI=1S/C20H20F2N2O3/c21-16-5-3-6-17(22)14(16)8-9-19(26)23-10-12-24(13-11-23)20(27)15-4-1-2-7-18(15)25/h1-7,25H,8-13H2. The van der Waals surface area contributed by atoms with Crippen LogP contribution in [0.25, 0.3) is 0 Å². The van der Waals surface area contributed by atoms with Gasteiger partial charge in [-0.25, -0.2) is 8.78 Å². The largest absolute Gasteiger partial charge is 0.507 e. The average Bonchev–Trinajstić information content (AvgIpc) is 2.67. The van der Waals surface area contributed by atoms with Crippen molar-refractivity contribution >= 4 is 11.8 Å². The summed E-state index contributed by atoms with van der Waals surface area (Å²) in [5.74, 6) is -1.87. The molecule has 1 saturated heterocycles. The first-order valence-electron chi connectivity index (χ1n) is 8.75. The van der Waals surface area contributed by atoms with E-state index in [0.29, 0.717) is 26.2 Å². The Morgan fingerprint density at radius 3 is 2.11 bits per heavy atom. The number of phenolic OH excluding ortho intramolecular Hbond substituents is 1. The fourth-order valence-electron chi connectivity index (χ4n) is 3.14. The predicted molar refractivity (Wildman–Crippen MR) is 95.3 cm³/mol. The van der Waals surface area contributed by atoms with E-state index in [2.05, 4.69) is 0 Å². The summed E-state index contributed by atoms with van der Waals surface area (Å²) in [4.78, 5) is 28.0. The van der Waals surface area contributed by atoms with Crippen LogP contribution >= 0.6 is 0 Å². The molecular weight excluding hydrogens is 354 g/mol. The Morgan fingerprint density at radius 1 is 0.889 bits per heavy atom. The van der Waals surface area contributed by atoms with E-state index in [9.17, 15) is 23.5 Å². The Labute approximate surface area is 155 Å². The summed E-state index contributed by atoms with van der Waals surface area (Å²) in [7, 11) is 0. The number of rotatable bonds is 4. The van der Waals surface area contributed by atoms with E-state index < -0.39 is 11.6 Å². The van der Waals surface area contributed by atoms with Gasteiger partial charge >= 0.3 is 0 Å². The number of phenols is 1. The third-order valence-corrected chi connectivity index (χ3v) is 4.70. The molecule has 0 radical (unpaired) electrons. The molecule has 0 unspecified atom stereocenters. The first kappa shape index (κ1) is 18.8. The lowest BCUT2D eigenvalue weighted by Crippen LogP contribution is -2.50. The normalized spacial score (nSPS) is 14.3. The zero-order chi connectivity index (χ0) is 19.4. The summed E-state index contributed by atoms with van der Waals surface area (Å²) in [5.41, 5.74) is 0.145. The molecule has 0 saturated carbocycles. The van der Waals surface area contributed by atoms with Crippen LogP contribution in [0.2, 0.25) is 0 Å². The summed E-state index contributed by atoms with van der Waals surface area (Å²) >= 11 is 0. The van der Waals surface area contributed by atoms with E-state index >= 15 is 0 Å². The third kappa shape index (κ3) is 4.24. The van der Waals surface area contributed by atoms with Crippen LogP contribution in [0, 0.1) is 11.6 Å². The summed E-state index contributed by atoms with van der Waals surface area (Å²) < 4.78 is 27.3. The van der Waals surface area contributed by atoms with E-state index in [-0.39, 0.29) is 41.5 Å². The molecule has 1 N–H and O–H groups in total. The minimum absolute atomic E-state index is 0.00523. The number of hydrogen-bond acceptors (Lipinski definition) is 3. The highest BCUT2D eigenvalue weighted by Crippen LogP contribution is 2.19.